The van der Waals surface area contributed by atoms with E-state index >= 15 is 0 Å². The quantitative estimate of drug-likeness (QED) is 0.739. The fourth-order valence-electron chi connectivity index (χ4n) is 2.31. The van der Waals surface area contributed by atoms with Crippen molar-refractivity contribution in [3.8, 4) is 5.75 Å². The van der Waals surface area contributed by atoms with Gasteiger partial charge in [0.05, 0.1) is 17.7 Å². The Kier molecular flexibility index (Phi) is 4.38. The number of ether oxygens (including phenoxy) is 1. The second-order valence-electron chi connectivity index (χ2n) is 5.10. The fourth-order valence-corrected chi connectivity index (χ4v) is 4.15. The molecule has 0 saturated heterocycles. The Morgan fingerprint density at radius 1 is 1.39 bits per heavy atom. The van der Waals surface area contributed by atoms with Crippen molar-refractivity contribution in [2.75, 3.05) is 13.7 Å². The van der Waals surface area contributed by atoms with Crippen LogP contribution >= 0.6 is 11.3 Å². The highest BCUT2D eigenvalue weighted by molar-refractivity contribution is 7.89. The van der Waals surface area contributed by atoms with E-state index in [4.69, 9.17) is 4.74 Å². The molecule has 0 radical (unpaired) electrons. The van der Waals surface area contributed by atoms with E-state index in [9.17, 15) is 8.42 Å². The van der Waals surface area contributed by atoms with Gasteiger partial charge in [-0.25, -0.2) is 18.1 Å². The van der Waals surface area contributed by atoms with Crippen LogP contribution in [0.2, 0.25) is 0 Å². The van der Waals surface area contributed by atoms with Crippen LogP contribution in [0.1, 0.15) is 11.3 Å². The van der Waals surface area contributed by atoms with E-state index in [1.54, 1.807) is 36.6 Å². The molecular weight excluding hydrogens is 334 g/mol. The summed E-state index contributed by atoms with van der Waals surface area (Å²) in [6.45, 7) is 2.12. The Hall–Kier alpha value is -1.90. The van der Waals surface area contributed by atoms with Crippen molar-refractivity contribution >= 4 is 26.3 Å². The van der Waals surface area contributed by atoms with Crippen LogP contribution in [-0.2, 0) is 16.4 Å². The van der Waals surface area contributed by atoms with Crippen LogP contribution < -0.4 is 9.46 Å². The summed E-state index contributed by atoms with van der Waals surface area (Å²) < 4.78 is 34.3. The molecule has 8 heteroatoms. The Labute approximate surface area is 138 Å². The number of thiazole rings is 1. The van der Waals surface area contributed by atoms with Crippen LogP contribution in [0.4, 0.5) is 0 Å². The molecule has 2 aromatic heterocycles. The van der Waals surface area contributed by atoms with E-state index < -0.39 is 10.0 Å². The highest BCUT2D eigenvalue weighted by atomic mass is 32.2. The predicted molar refractivity (Wildman–Crippen MR) is 89.7 cm³/mol. The molecule has 6 nitrogen and oxygen atoms in total. The van der Waals surface area contributed by atoms with Gasteiger partial charge in [-0.15, -0.1) is 11.3 Å². The number of benzene rings is 1. The zero-order valence-corrected chi connectivity index (χ0v) is 14.4. The maximum atomic E-state index is 12.3. The van der Waals surface area contributed by atoms with Crippen molar-refractivity contribution in [1.29, 1.82) is 0 Å². The number of aryl methyl sites for hydroxylation is 1. The molecule has 122 valence electrons. The topological polar surface area (TPSA) is 72.7 Å². The molecule has 0 spiro atoms. The maximum absolute atomic E-state index is 12.3. The molecule has 0 aliphatic heterocycles. The van der Waals surface area contributed by atoms with Gasteiger partial charge in [0, 0.05) is 30.7 Å². The molecule has 0 saturated carbocycles. The number of nitrogens with zero attached hydrogens (tertiary/aromatic N) is 2. The lowest BCUT2D eigenvalue weighted by molar-refractivity contribution is 0.411. The lowest BCUT2D eigenvalue weighted by Gasteiger charge is -2.09. The third-order valence-electron chi connectivity index (χ3n) is 3.49. The summed E-state index contributed by atoms with van der Waals surface area (Å²) in [5.74, 6) is 0.669. The fraction of sp³-hybridized carbons (Fsp3) is 0.267. The summed E-state index contributed by atoms with van der Waals surface area (Å²) >= 11 is 1.55. The Bertz CT molecular complexity index is 900. The van der Waals surface area contributed by atoms with Crippen LogP contribution in [0.5, 0.6) is 5.75 Å². The van der Waals surface area contributed by atoms with Gasteiger partial charge < -0.3 is 4.74 Å². The molecular formula is C15H17N3O3S2. The van der Waals surface area contributed by atoms with E-state index in [0.717, 1.165) is 16.2 Å². The van der Waals surface area contributed by atoms with E-state index in [1.807, 2.05) is 29.1 Å². The Balaban J connectivity index is 1.66. The van der Waals surface area contributed by atoms with Gasteiger partial charge in [0.15, 0.2) is 4.96 Å². The summed E-state index contributed by atoms with van der Waals surface area (Å²) in [5, 5.41) is 1.96. The maximum Gasteiger partial charge on any atom is 0.240 e. The molecule has 0 fully saturated rings. The van der Waals surface area contributed by atoms with Gasteiger partial charge >= 0.3 is 0 Å². The predicted octanol–water partition coefficient (Wildman–Crippen LogP) is 2.23. The molecule has 3 aromatic rings. The van der Waals surface area contributed by atoms with E-state index in [1.165, 1.54) is 0 Å². The van der Waals surface area contributed by atoms with Crippen LogP contribution in [0.3, 0.4) is 0 Å². The van der Waals surface area contributed by atoms with Crippen LogP contribution in [0.15, 0.2) is 40.9 Å². The van der Waals surface area contributed by atoms with Crippen molar-refractivity contribution in [1.82, 2.24) is 14.1 Å². The number of fused-ring (bicyclic) bond motifs is 1. The average Bonchev–Trinajstić information content (AvgIpc) is 3.08. The van der Waals surface area contributed by atoms with Gasteiger partial charge in [0.25, 0.3) is 0 Å². The number of aromatic nitrogens is 2. The minimum Gasteiger partial charge on any atom is -0.496 e. The lowest BCUT2D eigenvalue weighted by atomic mass is 10.2. The molecule has 3 rings (SSSR count). The summed E-state index contributed by atoms with van der Waals surface area (Å²) in [7, 11) is -1.97. The largest absolute Gasteiger partial charge is 0.496 e. The molecule has 2 heterocycles. The minimum absolute atomic E-state index is 0.238. The highest BCUT2D eigenvalue weighted by Gasteiger charge is 2.15. The first-order valence-corrected chi connectivity index (χ1v) is 9.41. The summed E-state index contributed by atoms with van der Waals surface area (Å²) in [4.78, 5) is 5.58. The standard InChI is InChI=1S/C15H17N3O3S2/c1-11-9-13(3-4-14(11)21-2)23(19,20)16-6-5-12-10-18-7-8-22-15(18)17-12/h3-4,7-10,16H,5-6H2,1-2H3. The van der Waals surface area contributed by atoms with Gasteiger partial charge in [0.1, 0.15) is 5.75 Å². The monoisotopic (exact) mass is 351 g/mol. The van der Waals surface area contributed by atoms with Crippen LogP contribution in [-0.4, -0.2) is 31.5 Å². The molecule has 0 unspecified atom stereocenters. The van der Waals surface area contributed by atoms with Gasteiger partial charge in [-0.05, 0) is 30.7 Å². The van der Waals surface area contributed by atoms with E-state index in [0.29, 0.717) is 18.7 Å². The summed E-state index contributed by atoms with van der Waals surface area (Å²) in [6.07, 6.45) is 4.39. The van der Waals surface area contributed by atoms with Gasteiger partial charge in [-0.2, -0.15) is 0 Å². The second kappa shape index (κ2) is 6.31. The number of imidazole rings is 1. The number of hydrogen-bond acceptors (Lipinski definition) is 5. The van der Waals surface area contributed by atoms with Crippen molar-refractivity contribution in [3.63, 3.8) is 0 Å². The van der Waals surface area contributed by atoms with Crippen LogP contribution in [0, 0.1) is 6.92 Å². The number of nitrogens with one attached hydrogen (secondary N) is 1. The summed E-state index contributed by atoms with van der Waals surface area (Å²) in [6, 6.07) is 4.81. The highest BCUT2D eigenvalue weighted by Crippen LogP contribution is 2.21. The number of sulfonamides is 1. The first-order valence-electron chi connectivity index (χ1n) is 7.05. The number of hydrogen-bond donors (Lipinski definition) is 1. The van der Waals surface area contributed by atoms with Crippen LogP contribution in [0.25, 0.3) is 4.96 Å². The molecule has 0 aliphatic rings. The zero-order valence-electron chi connectivity index (χ0n) is 12.8. The van der Waals surface area contributed by atoms with Gasteiger partial charge in [-0.1, -0.05) is 0 Å². The molecule has 0 bridgehead atoms. The molecule has 0 amide bonds. The Morgan fingerprint density at radius 3 is 2.91 bits per heavy atom. The zero-order chi connectivity index (χ0) is 16.4. The first-order chi connectivity index (χ1) is 11.0. The third-order valence-corrected chi connectivity index (χ3v) is 5.72. The van der Waals surface area contributed by atoms with Gasteiger partial charge in [-0.3, -0.25) is 4.40 Å². The molecule has 1 aromatic carbocycles. The first kappa shape index (κ1) is 16.0. The smallest absolute Gasteiger partial charge is 0.240 e. The van der Waals surface area contributed by atoms with Crippen molar-refractivity contribution in [3.05, 3.63) is 47.2 Å². The SMILES string of the molecule is COc1ccc(S(=O)(=O)NCCc2cn3ccsc3n2)cc1C. The Morgan fingerprint density at radius 2 is 2.22 bits per heavy atom. The van der Waals surface area contributed by atoms with Crippen molar-refractivity contribution in [2.24, 2.45) is 0 Å². The minimum atomic E-state index is -3.53. The van der Waals surface area contributed by atoms with Crippen molar-refractivity contribution < 1.29 is 13.2 Å². The number of methoxy groups -OCH3 is 1. The summed E-state index contributed by atoms with van der Waals surface area (Å²) in [5.41, 5.74) is 1.65. The van der Waals surface area contributed by atoms with Gasteiger partial charge in [0.2, 0.25) is 10.0 Å². The van der Waals surface area contributed by atoms with E-state index in [-0.39, 0.29) is 4.90 Å². The molecule has 1 N–H and O–H groups in total. The van der Waals surface area contributed by atoms with E-state index in [2.05, 4.69) is 9.71 Å². The molecule has 23 heavy (non-hydrogen) atoms. The second-order valence-corrected chi connectivity index (χ2v) is 7.74. The lowest BCUT2D eigenvalue weighted by Crippen LogP contribution is -2.26. The molecule has 0 aliphatic carbocycles. The van der Waals surface area contributed by atoms with Crippen molar-refractivity contribution in [2.45, 2.75) is 18.2 Å². The normalized spacial score (nSPS) is 11.9. The molecule has 0 atom stereocenters. The average molecular weight is 351 g/mol. The third kappa shape index (κ3) is 3.39. The number of rotatable bonds is 6.